The Hall–Kier alpha value is -1.38. The van der Waals surface area contributed by atoms with Crippen LogP contribution >= 0.6 is 22.9 Å². The second-order valence-electron chi connectivity index (χ2n) is 7.14. The van der Waals surface area contributed by atoms with Crippen molar-refractivity contribution >= 4 is 39.6 Å². The highest BCUT2D eigenvalue weighted by Crippen LogP contribution is 2.45. The average molecular weight is 435 g/mol. The lowest BCUT2D eigenvalue weighted by atomic mass is 10.0. The SMILES string of the molecule is CC1(C)C(N)=N[C@](C)(c2sc(-c3cccc(C(F)(F)F)c3)cc2Cl)CS1=O. The van der Waals surface area contributed by atoms with Crippen molar-refractivity contribution in [3.8, 4) is 10.4 Å². The first-order chi connectivity index (χ1) is 12.3. The van der Waals surface area contributed by atoms with Crippen molar-refractivity contribution in [1.82, 2.24) is 0 Å². The Bertz CT molecular complexity index is 952. The zero-order valence-corrected chi connectivity index (χ0v) is 17.2. The molecule has 9 heteroatoms. The maximum Gasteiger partial charge on any atom is 0.416 e. The van der Waals surface area contributed by atoms with Gasteiger partial charge in [-0.25, -0.2) is 0 Å². The molecule has 27 heavy (non-hydrogen) atoms. The molecular weight excluding hydrogens is 417 g/mol. The van der Waals surface area contributed by atoms with Crippen LogP contribution in [-0.2, 0) is 22.5 Å². The van der Waals surface area contributed by atoms with E-state index in [0.717, 1.165) is 12.1 Å². The Balaban J connectivity index is 2.06. The molecule has 1 aliphatic rings. The summed E-state index contributed by atoms with van der Waals surface area (Å²) in [5, 5.41) is 0.378. The largest absolute Gasteiger partial charge is 0.416 e. The molecule has 2 atom stereocenters. The van der Waals surface area contributed by atoms with Gasteiger partial charge in [-0.05, 0) is 44.5 Å². The number of hydrogen-bond acceptors (Lipinski definition) is 4. The molecule has 1 aromatic heterocycles. The molecule has 0 bridgehead atoms. The van der Waals surface area contributed by atoms with Gasteiger partial charge in [0.05, 0.1) is 26.0 Å². The highest BCUT2D eigenvalue weighted by Gasteiger charge is 2.44. The number of alkyl halides is 3. The Morgan fingerprint density at radius 2 is 1.93 bits per heavy atom. The average Bonchev–Trinajstić information content (AvgIpc) is 2.95. The Morgan fingerprint density at radius 3 is 2.52 bits per heavy atom. The van der Waals surface area contributed by atoms with E-state index in [0.29, 0.717) is 20.3 Å². The molecule has 146 valence electrons. The van der Waals surface area contributed by atoms with E-state index in [1.807, 2.05) is 0 Å². The van der Waals surface area contributed by atoms with Crippen LogP contribution in [0.5, 0.6) is 0 Å². The normalized spacial score (nSPS) is 25.3. The molecule has 2 aromatic rings. The van der Waals surface area contributed by atoms with Crippen LogP contribution in [0.2, 0.25) is 5.02 Å². The number of nitrogens with zero attached hydrogens (tertiary/aromatic N) is 1. The van der Waals surface area contributed by atoms with Gasteiger partial charge in [-0.2, -0.15) is 13.2 Å². The first kappa shape index (κ1) is 20.4. The fourth-order valence-electron chi connectivity index (χ4n) is 2.83. The molecule has 2 N–H and O–H groups in total. The molecule has 2 heterocycles. The monoisotopic (exact) mass is 434 g/mol. The van der Waals surface area contributed by atoms with E-state index < -0.39 is 32.8 Å². The number of benzene rings is 1. The lowest BCUT2D eigenvalue weighted by Gasteiger charge is -2.36. The number of thiophene rings is 1. The number of hydrogen-bond donors (Lipinski definition) is 1. The summed E-state index contributed by atoms with van der Waals surface area (Å²) < 4.78 is 50.9. The van der Waals surface area contributed by atoms with Crippen LogP contribution < -0.4 is 5.73 Å². The molecule has 0 saturated carbocycles. The van der Waals surface area contributed by atoms with E-state index in [-0.39, 0.29) is 11.6 Å². The highest BCUT2D eigenvalue weighted by atomic mass is 35.5. The Labute approximate surface area is 166 Å². The predicted molar refractivity (Wildman–Crippen MR) is 106 cm³/mol. The summed E-state index contributed by atoms with van der Waals surface area (Å²) in [6.45, 7) is 5.33. The Kier molecular flexibility index (Phi) is 4.98. The smallest absolute Gasteiger partial charge is 0.386 e. The maximum absolute atomic E-state index is 13.0. The van der Waals surface area contributed by atoms with E-state index in [1.165, 1.54) is 17.4 Å². The summed E-state index contributed by atoms with van der Waals surface area (Å²) in [5.74, 6) is 0.517. The van der Waals surface area contributed by atoms with Crippen molar-refractivity contribution in [1.29, 1.82) is 0 Å². The van der Waals surface area contributed by atoms with Crippen LogP contribution in [0.15, 0.2) is 35.3 Å². The standard InChI is InChI=1S/C18H18ClF3N2OS2/c1-16(2)15(23)24-17(3,9-27(16)25)14-12(19)8-13(26-14)10-5-4-6-11(7-10)18(20,21)22/h4-8H,9H2,1-3H3,(H2,23,24)/t17-,27?/m0/s1. The quantitative estimate of drug-likeness (QED) is 0.706. The lowest BCUT2D eigenvalue weighted by Crippen LogP contribution is -2.51. The van der Waals surface area contributed by atoms with Gasteiger partial charge in [0.1, 0.15) is 11.4 Å². The van der Waals surface area contributed by atoms with Crippen molar-refractivity contribution in [2.24, 2.45) is 10.7 Å². The zero-order valence-electron chi connectivity index (χ0n) is 14.9. The minimum atomic E-state index is -4.42. The topological polar surface area (TPSA) is 55.4 Å². The van der Waals surface area contributed by atoms with Crippen LogP contribution in [0.1, 0.15) is 31.2 Å². The second kappa shape index (κ2) is 6.60. The van der Waals surface area contributed by atoms with Crippen molar-refractivity contribution in [3.63, 3.8) is 0 Å². The van der Waals surface area contributed by atoms with Gasteiger partial charge in [0.2, 0.25) is 0 Å². The summed E-state index contributed by atoms with van der Waals surface area (Å²) >= 11 is 7.64. The van der Waals surface area contributed by atoms with Crippen LogP contribution in [0, 0.1) is 0 Å². The molecule has 1 unspecified atom stereocenters. The minimum Gasteiger partial charge on any atom is -0.386 e. The zero-order chi connectivity index (χ0) is 20.2. The number of nitrogens with two attached hydrogens (primary N) is 1. The fraction of sp³-hybridized carbons (Fsp3) is 0.389. The van der Waals surface area contributed by atoms with Crippen LogP contribution in [0.25, 0.3) is 10.4 Å². The number of rotatable bonds is 2. The van der Waals surface area contributed by atoms with Gasteiger partial charge in [0.15, 0.2) is 0 Å². The van der Waals surface area contributed by atoms with Gasteiger partial charge < -0.3 is 5.73 Å². The van der Waals surface area contributed by atoms with E-state index in [2.05, 4.69) is 4.99 Å². The third-order valence-corrected chi connectivity index (χ3v) is 8.63. The van der Waals surface area contributed by atoms with Crippen molar-refractivity contribution in [2.45, 2.75) is 37.2 Å². The van der Waals surface area contributed by atoms with E-state index in [1.54, 1.807) is 32.9 Å². The van der Waals surface area contributed by atoms with Gasteiger partial charge in [-0.15, -0.1) is 11.3 Å². The van der Waals surface area contributed by atoms with Gasteiger partial charge >= 0.3 is 6.18 Å². The molecule has 0 saturated heterocycles. The maximum atomic E-state index is 13.0. The molecule has 1 aliphatic heterocycles. The highest BCUT2D eigenvalue weighted by molar-refractivity contribution is 7.87. The summed E-state index contributed by atoms with van der Waals surface area (Å²) in [6, 6.07) is 6.70. The summed E-state index contributed by atoms with van der Waals surface area (Å²) in [4.78, 5) is 5.79. The molecule has 1 aromatic carbocycles. The van der Waals surface area contributed by atoms with Gasteiger partial charge in [0, 0.05) is 15.7 Å². The number of aliphatic imine (C=N–C) groups is 1. The number of halogens is 4. The Morgan fingerprint density at radius 1 is 1.26 bits per heavy atom. The molecular formula is C18H18ClF3N2OS2. The molecule has 0 aliphatic carbocycles. The van der Waals surface area contributed by atoms with E-state index >= 15 is 0 Å². The first-order valence-electron chi connectivity index (χ1n) is 8.06. The molecule has 0 radical (unpaired) electrons. The molecule has 3 nitrogen and oxygen atoms in total. The van der Waals surface area contributed by atoms with E-state index in [9.17, 15) is 17.4 Å². The van der Waals surface area contributed by atoms with Crippen molar-refractivity contribution in [3.05, 3.63) is 45.8 Å². The van der Waals surface area contributed by atoms with Crippen LogP contribution in [0.3, 0.4) is 0 Å². The van der Waals surface area contributed by atoms with Gasteiger partial charge in [-0.3, -0.25) is 9.20 Å². The van der Waals surface area contributed by atoms with Crippen LogP contribution in [0.4, 0.5) is 13.2 Å². The minimum absolute atomic E-state index is 0.239. The van der Waals surface area contributed by atoms with Crippen molar-refractivity contribution < 1.29 is 17.4 Å². The molecule has 0 spiro atoms. The second-order valence-corrected chi connectivity index (χ2v) is 10.6. The van der Waals surface area contributed by atoms with Gasteiger partial charge in [-0.1, -0.05) is 23.7 Å². The summed E-state index contributed by atoms with van der Waals surface area (Å²) in [7, 11) is -1.27. The van der Waals surface area contributed by atoms with Crippen molar-refractivity contribution in [2.75, 3.05) is 5.75 Å². The fourth-order valence-corrected chi connectivity index (χ4v) is 5.91. The lowest BCUT2D eigenvalue weighted by molar-refractivity contribution is -0.137. The molecule has 3 rings (SSSR count). The summed E-state index contributed by atoms with van der Waals surface area (Å²) in [5.41, 5.74) is 4.86. The van der Waals surface area contributed by atoms with Crippen LogP contribution in [-0.4, -0.2) is 20.5 Å². The third kappa shape index (κ3) is 3.67. The molecule has 0 amide bonds. The molecule has 0 fully saturated rings. The van der Waals surface area contributed by atoms with Gasteiger partial charge in [0.25, 0.3) is 0 Å². The first-order valence-corrected chi connectivity index (χ1v) is 10.6. The number of amidine groups is 1. The van der Waals surface area contributed by atoms with E-state index in [4.69, 9.17) is 17.3 Å². The summed E-state index contributed by atoms with van der Waals surface area (Å²) in [6.07, 6.45) is -4.42. The predicted octanol–water partition coefficient (Wildman–Crippen LogP) is 5.20. The third-order valence-electron chi connectivity index (χ3n) is 4.62.